The van der Waals surface area contributed by atoms with Crippen molar-refractivity contribution in [2.45, 2.75) is 44.4 Å². The minimum atomic E-state index is -4.50. The van der Waals surface area contributed by atoms with Gasteiger partial charge in [-0.1, -0.05) is 18.9 Å². The van der Waals surface area contributed by atoms with Gasteiger partial charge in [0.15, 0.2) is 0 Å². The molecule has 1 aromatic rings. The number of methoxy groups -OCH3 is 1. The normalized spacial score (nSPS) is 19.3. The summed E-state index contributed by atoms with van der Waals surface area (Å²) in [6.07, 6.45) is 0.499. The molecule has 1 aliphatic heterocycles. The number of rotatable bonds is 4. The first-order valence-electron chi connectivity index (χ1n) is 9.39. The Labute approximate surface area is 157 Å². The summed E-state index contributed by atoms with van der Waals surface area (Å²) in [5.41, 5.74) is -0.755. The van der Waals surface area contributed by atoms with Crippen molar-refractivity contribution in [2.75, 3.05) is 33.3 Å². The number of carbonyl (C=O) groups is 1. The van der Waals surface area contributed by atoms with Crippen molar-refractivity contribution in [3.63, 3.8) is 0 Å². The van der Waals surface area contributed by atoms with E-state index in [1.807, 2.05) is 0 Å². The SMILES string of the molecule is COc1ccc(CNC(=O)N2CCN(C3CCCC3)CC2)c(C(F)(F)F)c1. The van der Waals surface area contributed by atoms with E-state index in [0.717, 1.165) is 19.2 Å². The number of ether oxygens (including phenoxy) is 1. The number of halogens is 3. The molecule has 0 atom stereocenters. The van der Waals surface area contributed by atoms with Crippen LogP contribution in [-0.2, 0) is 12.7 Å². The van der Waals surface area contributed by atoms with Gasteiger partial charge in [-0.25, -0.2) is 4.79 Å². The van der Waals surface area contributed by atoms with Gasteiger partial charge in [-0.2, -0.15) is 13.2 Å². The molecule has 1 aliphatic carbocycles. The molecule has 8 heteroatoms. The summed E-state index contributed by atoms with van der Waals surface area (Å²) < 4.78 is 44.6. The molecule has 0 radical (unpaired) electrons. The van der Waals surface area contributed by atoms with E-state index < -0.39 is 11.7 Å². The maximum Gasteiger partial charge on any atom is 0.416 e. The number of urea groups is 1. The van der Waals surface area contributed by atoms with E-state index in [9.17, 15) is 18.0 Å². The first-order valence-corrected chi connectivity index (χ1v) is 9.39. The fourth-order valence-corrected chi connectivity index (χ4v) is 3.94. The molecule has 3 rings (SSSR count). The van der Waals surface area contributed by atoms with Crippen LogP contribution in [0, 0.1) is 0 Å². The van der Waals surface area contributed by atoms with E-state index in [1.54, 1.807) is 4.90 Å². The van der Waals surface area contributed by atoms with E-state index in [4.69, 9.17) is 4.74 Å². The second-order valence-corrected chi connectivity index (χ2v) is 7.14. The lowest BCUT2D eigenvalue weighted by atomic mass is 10.1. The van der Waals surface area contributed by atoms with Gasteiger partial charge in [-0.15, -0.1) is 0 Å². The van der Waals surface area contributed by atoms with Gasteiger partial charge in [0.2, 0.25) is 0 Å². The average molecular weight is 385 g/mol. The number of hydrogen-bond donors (Lipinski definition) is 1. The third kappa shape index (κ3) is 4.86. The third-order valence-electron chi connectivity index (χ3n) is 5.50. The van der Waals surface area contributed by atoms with Crippen LogP contribution in [0.25, 0.3) is 0 Å². The highest BCUT2D eigenvalue weighted by Gasteiger charge is 2.34. The van der Waals surface area contributed by atoms with Crippen LogP contribution in [0.5, 0.6) is 5.75 Å². The Balaban J connectivity index is 1.55. The van der Waals surface area contributed by atoms with Crippen LogP contribution < -0.4 is 10.1 Å². The summed E-state index contributed by atoms with van der Waals surface area (Å²) in [5, 5.41) is 2.63. The van der Waals surface area contributed by atoms with Gasteiger partial charge >= 0.3 is 12.2 Å². The molecule has 27 heavy (non-hydrogen) atoms. The van der Waals surface area contributed by atoms with Crippen LogP contribution in [-0.4, -0.2) is 55.2 Å². The lowest BCUT2D eigenvalue weighted by Crippen LogP contribution is -2.53. The van der Waals surface area contributed by atoms with Crippen molar-refractivity contribution in [1.29, 1.82) is 0 Å². The van der Waals surface area contributed by atoms with E-state index >= 15 is 0 Å². The number of hydrogen-bond acceptors (Lipinski definition) is 3. The molecule has 2 aliphatic rings. The van der Waals surface area contributed by atoms with Gasteiger partial charge < -0.3 is 15.0 Å². The maximum absolute atomic E-state index is 13.3. The van der Waals surface area contributed by atoms with Gasteiger partial charge in [0.05, 0.1) is 12.7 Å². The molecule has 1 N–H and O–H groups in total. The van der Waals surface area contributed by atoms with Crippen LogP contribution >= 0.6 is 0 Å². The van der Waals surface area contributed by atoms with Crippen LogP contribution in [0.3, 0.4) is 0 Å². The second kappa shape index (κ2) is 8.37. The molecule has 1 saturated heterocycles. The van der Waals surface area contributed by atoms with Crippen molar-refractivity contribution in [3.05, 3.63) is 29.3 Å². The smallest absolute Gasteiger partial charge is 0.416 e. The van der Waals surface area contributed by atoms with Gasteiger partial charge in [0.1, 0.15) is 5.75 Å². The molecular formula is C19H26F3N3O2. The Kier molecular flexibility index (Phi) is 6.14. The zero-order valence-electron chi connectivity index (χ0n) is 15.5. The van der Waals surface area contributed by atoms with Gasteiger partial charge in [-0.05, 0) is 30.5 Å². The summed E-state index contributed by atoms with van der Waals surface area (Å²) >= 11 is 0. The van der Waals surface area contributed by atoms with Crippen molar-refractivity contribution in [1.82, 2.24) is 15.1 Å². The summed E-state index contributed by atoms with van der Waals surface area (Å²) in [7, 11) is 1.32. The van der Waals surface area contributed by atoms with E-state index in [0.29, 0.717) is 19.1 Å². The molecule has 1 heterocycles. The number of carbonyl (C=O) groups excluding carboxylic acids is 1. The zero-order chi connectivity index (χ0) is 19.4. The third-order valence-corrected chi connectivity index (χ3v) is 5.50. The molecule has 2 amide bonds. The van der Waals surface area contributed by atoms with E-state index in [-0.39, 0.29) is 23.9 Å². The quantitative estimate of drug-likeness (QED) is 0.863. The topological polar surface area (TPSA) is 44.8 Å². The van der Waals surface area contributed by atoms with E-state index in [2.05, 4.69) is 10.2 Å². The molecule has 0 aromatic heterocycles. The molecule has 5 nitrogen and oxygen atoms in total. The number of amides is 2. The number of alkyl halides is 3. The standard InChI is InChI=1S/C19H26F3N3O2/c1-27-16-7-6-14(17(12-16)19(20,21)22)13-23-18(26)25-10-8-24(9-11-25)15-4-2-3-5-15/h6-7,12,15H,2-5,8-11,13H2,1H3,(H,23,26). The Hall–Kier alpha value is -1.96. The lowest BCUT2D eigenvalue weighted by molar-refractivity contribution is -0.138. The van der Waals surface area contributed by atoms with Crippen molar-refractivity contribution >= 4 is 6.03 Å². The molecule has 0 bridgehead atoms. The monoisotopic (exact) mass is 385 g/mol. The Morgan fingerprint density at radius 3 is 2.44 bits per heavy atom. The second-order valence-electron chi connectivity index (χ2n) is 7.14. The lowest BCUT2D eigenvalue weighted by Gasteiger charge is -2.38. The first-order chi connectivity index (χ1) is 12.9. The zero-order valence-corrected chi connectivity index (χ0v) is 15.5. The van der Waals surface area contributed by atoms with Crippen molar-refractivity contribution in [3.8, 4) is 5.75 Å². The summed E-state index contributed by atoms with van der Waals surface area (Å²) in [6, 6.07) is 4.09. The molecule has 1 aromatic carbocycles. The maximum atomic E-state index is 13.3. The van der Waals surface area contributed by atoms with Crippen molar-refractivity contribution in [2.24, 2.45) is 0 Å². The minimum absolute atomic E-state index is 0.0289. The van der Waals surface area contributed by atoms with Crippen LogP contribution in [0.1, 0.15) is 36.8 Å². The molecule has 0 unspecified atom stereocenters. The molecular weight excluding hydrogens is 359 g/mol. The Morgan fingerprint density at radius 1 is 1.19 bits per heavy atom. The highest BCUT2D eigenvalue weighted by Crippen LogP contribution is 2.34. The van der Waals surface area contributed by atoms with Crippen molar-refractivity contribution < 1.29 is 22.7 Å². The summed E-state index contributed by atoms with van der Waals surface area (Å²) in [5.74, 6) is 0.139. The fraction of sp³-hybridized carbons (Fsp3) is 0.632. The van der Waals surface area contributed by atoms with Crippen LogP contribution in [0.2, 0.25) is 0 Å². The first kappa shape index (κ1) is 19.8. The highest BCUT2D eigenvalue weighted by molar-refractivity contribution is 5.74. The number of benzene rings is 1. The Morgan fingerprint density at radius 2 is 1.85 bits per heavy atom. The number of nitrogens with one attached hydrogen (secondary N) is 1. The number of nitrogens with zero attached hydrogens (tertiary/aromatic N) is 2. The van der Waals surface area contributed by atoms with E-state index in [1.165, 1.54) is 44.9 Å². The predicted molar refractivity (Wildman–Crippen MR) is 95.6 cm³/mol. The van der Waals surface area contributed by atoms with Gasteiger partial charge in [0, 0.05) is 38.8 Å². The van der Waals surface area contributed by atoms with Crippen LogP contribution in [0.15, 0.2) is 18.2 Å². The predicted octanol–water partition coefficient (Wildman–Crippen LogP) is 3.48. The highest BCUT2D eigenvalue weighted by atomic mass is 19.4. The average Bonchev–Trinajstić information content (AvgIpc) is 3.20. The molecule has 150 valence electrons. The Bertz CT molecular complexity index is 652. The van der Waals surface area contributed by atoms with Gasteiger partial charge in [-0.3, -0.25) is 4.90 Å². The largest absolute Gasteiger partial charge is 0.497 e. The summed E-state index contributed by atoms with van der Waals surface area (Å²) in [6.45, 7) is 2.71. The van der Waals surface area contributed by atoms with Gasteiger partial charge in [0.25, 0.3) is 0 Å². The molecule has 0 spiro atoms. The molecule has 2 fully saturated rings. The minimum Gasteiger partial charge on any atom is -0.497 e. The number of piperazine rings is 1. The fourth-order valence-electron chi connectivity index (χ4n) is 3.94. The summed E-state index contributed by atoms with van der Waals surface area (Å²) in [4.78, 5) is 16.5. The molecule has 1 saturated carbocycles. The van der Waals surface area contributed by atoms with Crippen LogP contribution in [0.4, 0.5) is 18.0 Å².